The average Bonchev–Trinajstić information content (AvgIpc) is 2.82. The van der Waals surface area contributed by atoms with Gasteiger partial charge in [0.25, 0.3) is 0 Å². The van der Waals surface area contributed by atoms with Crippen molar-refractivity contribution in [2.75, 3.05) is 31.7 Å². The number of aromatic carboxylic acids is 1. The smallest absolute Gasteiger partial charge is 0.354 e. The Morgan fingerprint density at radius 1 is 1.65 bits per heavy atom. The van der Waals surface area contributed by atoms with Gasteiger partial charge in [-0.05, 0) is 18.6 Å². The maximum atomic E-state index is 10.8. The van der Waals surface area contributed by atoms with Gasteiger partial charge in [0, 0.05) is 26.1 Å². The molecule has 0 amide bonds. The van der Waals surface area contributed by atoms with Crippen LogP contribution in [0.2, 0.25) is 0 Å². The molecule has 0 saturated carbocycles. The van der Waals surface area contributed by atoms with E-state index in [1.54, 1.807) is 6.07 Å². The molecule has 1 aromatic heterocycles. The number of pyridine rings is 1. The molecule has 1 aliphatic heterocycles. The number of hydrogen-bond acceptors (Lipinski definition) is 4. The molecule has 2 heterocycles. The van der Waals surface area contributed by atoms with Crippen molar-refractivity contribution in [1.29, 1.82) is 0 Å². The molecule has 1 atom stereocenters. The largest absolute Gasteiger partial charge is 0.477 e. The Morgan fingerprint density at radius 2 is 2.47 bits per heavy atom. The van der Waals surface area contributed by atoms with Gasteiger partial charge in [-0.15, -0.1) is 0 Å². The maximum Gasteiger partial charge on any atom is 0.354 e. The van der Waals surface area contributed by atoms with Crippen molar-refractivity contribution in [3.63, 3.8) is 0 Å². The van der Waals surface area contributed by atoms with Crippen LogP contribution in [0, 0.1) is 5.92 Å². The summed E-state index contributed by atoms with van der Waals surface area (Å²) in [4.78, 5) is 16.9. The molecule has 1 saturated heterocycles. The number of rotatable bonds is 4. The quantitative estimate of drug-likeness (QED) is 0.852. The second-order valence-corrected chi connectivity index (χ2v) is 4.30. The minimum absolute atomic E-state index is 0.0806. The second-order valence-electron chi connectivity index (χ2n) is 4.30. The van der Waals surface area contributed by atoms with Crippen LogP contribution in [0.4, 0.5) is 5.82 Å². The third-order valence-electron chi connectivity index (χ3n) is 2.90. The van der Waals surface area contributed by atoms with Crippen LogP contribution in [-0.4, -0.2) is 42.9 Å². The van der Waals surface area contributed by atoms with Gasteiger partial charge >= 0.3 is 5.97 Å². The molecule has 1 fully saturated rings. The summed E-state index contributed by atoms with van der Waals surface area (Å²) in [5.74, 6) is 0.205. The summed E-state index contributed by atoms with van der Waals surface area (Å²) in [6.45, 7) is 2.44. The van der Waals surface area contributed by atoms with E-state index < -0.39 is 5.97 Å². The van der Waals surface area contributed by atoms with E-state index in [-0.39, 0.29) is 5.69 Å². The van der Waals surface area contributed by atoms with Crippen LogP contribution in [0.5, 0.6) is 0 Å². The zero-order valence-corrected chi connectivity index (χ0v) is 9.80. The number of nitrogens with zero attached hydrogens (tertiary/aromatic N) is 2. The van der Waals surface area contributed by atoms with E-state index in [0.29, 0.717) is 11.7 Å². The Balaban J connectivity index is 2.04. The van der Waals surface area contributed by atoms with E-state index >= 15 is 0 Å². The van der Waals surface area contributed by atoms with E-state index in [9.17, 15) is 4.79 Å². The topological polar surface area (TPSA) is 62.7 Å². The molecule has 1 unspecified atom stereocenters. The number of carbonyl (C=O) groups is 1. The SMILES string of the molecule is CN(CC1CCOC1)c1cccc(C(=O)O)n1. The highest BCUT2D eigenvalue weighted by Gasteiger charge is 2.18. The number of carboxylic acids is 1. The van der Waals surface area contributed by atoms with Gasteiger partial charge in [-0.3, -0.25) is 0 Å². The molecule has 0 aromatic carbocycles. The van der Waals surface area contributed by atoms with Gasteiger partial charge in [0.1, 0.15) is 5.82 Å². The summed E-state index contributed by atoms with van der Waals surface area (Å²) < 4.78 is 5.31. The first-order valence-corrected chi connectivity index (χ1v) is 5.66. The molecule has 0 spiro atoms. The fourth-order valence-corrected chi connectivity index (χ4v) is 1.96. The van der Waals surface area contributed by atoms with Crippen LogP contribution in [0.25, 0.3) is 0 Å². The van der Waals surface area contributed by atoms with Crippen molar-refractivity contribution < 1.29 is 14.6 Å². The Bertz CT molecular complexity index is 402. The van der Waals surface area contributed by atoms with Crippen LogP contribution in [-0.2, 0) is 4.74 Å². The Morgan fingerprint density at radius 3 is 3.12 bits per heavy atom. The highest BCUT2D eigenvalue weighted by molar-refractivity contribution is 5.85. The van der Waals surface area contributed by atoms with Gasteiger partial charge in [0.2, 0.25) is 0 Å². The fourth-order valence-electron chi connectivity index (χ4n) is 1.96. The summed E-state index contributed by atoms with van der Waals surface area (Å²) in [5.41, 5.74) is 0.0806. The summed E-state index contributed by atoms with van der Waals surface area (Å²) >= 11 is 0. The Labute approximate surface area is 100 Å². The number of aromatic nitrogens is 1. The van der Waals surface area contributed by atoms with Gasteiger partial charge < -0.3 is 14.7 Å². The monoisotopic (exact) mass is 236 g/mol. The molecule has 92 valence electrons. The zero-order valence-electron chi connectivity index (χ0n) is 9.80. The first kappa shape index (κ1) is 11.9. The summed E-state index contributed by atoms with van der Waals surface area (Å²) in [6, 6.07) is 5.04. The van der Waals surface area contributed by atoms with E-state index in [1.165, 1.54) is 6.07 Å². The third-order valence-corrected chi connectivity index (χ3v) is 2.90. The summed E-state index contributed by atoms with van der Waals surface area (Å²) in [7, 11) is 1.92. The van der Waals surface area contributed by atoms with Gasteiger partial charge in [0.15, 0.2) is 5.69 Å². The molecule has 2 rings (SSSR count). The summed E-state index contributed by atoms with van der Waals surface area (Å²) in [6.07, 6.45) is 1.06. The minimum Gasteiger partial charge on any atom is -0.477 e. The van der Waals surface area contributed by atoms with Crippen LogP contribution in [0.3, 0.4) is 0 Å². The van der Waals surface area contributed by atoms with E-state index in [0.717, 1.165) is 26.2 Å². The molecule has 1 aliphatic rings. The highest BCUT2D eigenvalue weighted by Crippen LogP contribution is 2.17. The zero-order chi connectivity index (χ0) is 12.3. The predicted octanol–water partition coefficient (Wildman–Crippen LogP) is 1.25. The van der Waals surface area contributed by atoms with E-state index in [2.05, 4.69) is 4.98 Å². The number of anilines is 1. The van der Waals surface area contributed by atoms with Gasteiger partial charge in [-0.2, -0.15) is 0 Å². The number of ether oxygens (including phenoxy) is 1. The highest BCUT2D eigenvalue weighted by atomic mass is 16.5. The average molecular weight is 236 g/mol. The standard InChI is InChI=1S/C12H16N2O3/c1-14(7-9-5-6-17-8-9)11-4-2-3-10(13-11)12(15)16/h2-4,9H,5-8H2,1H3,(H,15,16). The number of hydrogen-bond donors (Lipinski definition) is 1. The Hall–Kier alpha value is -1.62. The molecule has 5 nitrogen and oxygen atoms in total. The van der Waals surface area contributed by atoms with Crippen molar-refractivity contribution in [3.05, 3.63) is 23.9 Å². The molecule has 5 heteroatoms. The lowest BCUT2D eigenvalue weighted by molar-refractivity contribution is 0.0690. The van der Waals surface area contributed by atoms with Crippen molar-refractivity contribution in [2.45, 2.75) is 6.42 Å². The molecule has 17 heavy (non-hydrogen) atoms. The van der Waals surface area contributed by atoms with Crippen molar-refractivity contribution in [3.8, 4) is 0 Å². The van der Waals surface area contributed by atoms with Crippen molar-refractivity contribution in [1.82, 2.24) is 4.98 Å². The van der Waals surface area contributed by atoms with Gasteiger partial charge in [0.05, 0.1) is 6.61 Å². The lowest BCUT2D eigenvalue weighted by Crippen LogP contribution is -2.26. The van der Waals surface area contributed by atoms with Gasteiger partial charge in [-0.1, -0.05) is 6.07 Å². The third kappa shape index (κ3) is 2.94. The molecular formula is C12H16N2O3. The van der Waals surface area contributed by atoms with Crippen LogP contribution < -0.4 is 4.90 Å². The first-order valence-electron chi connectivity index (χ1n) is 5.66. The van der Waals surface area contributed by atoms with E-state index in [4.69, 9.17) is 9.84 Å². The number of carboxylic acid groups (broad SMARTS) is 1. The molecule has 0 bridgehead atoms. The lowest BCUT2D eigenvalue weighted by atomic mass is 10.1. The van der Waals surface area contributed by atoms with E-state index in [1.807, 2.05) is 18.0 Å². The summed E-state index contributed by atoms with van der Waals surface area (Å²) in [5, 5.41) is 8.87. The predicted molar refractivity (Wildman–Crippen MR) is 63.4 cm³/mol. The van der Waals surface area contributed by atoms with Crippen molar-refractivity contribution >= 4 is 11.8 Å². The van der Waals surface area contributed by atoms with Crippen molar-refractivity contribution in [2.24, 2.45) is 5.92 Å². The molecule has 0 aliphatic carbocycles. The molecular weight excluding hydrogens is 220 g/mol. The first-order chi connectivity index (χ1) is 8.16. The van der Waals surface area contributed by atoms with Crippen LogP contribution >= 0.6 is 0 Å². The minimum atomic E-state index is -0.996. The lowest BCUT2D eigenvalue weighted by Gasteiger charge is -2.21. The Kier molecular flexibility index (Phi) is 3.58. The fraction of sp³-hybridized carbons (Fsp3) is 0.500. The van der Waals surface area contributed by atoms with Gasteiger partial charge in [-0.25, -0.2) is 9.78 Å². The molecule has 0 radical (unpaired) electrons. The van der Waals surface area contributed by atoms with Crippen LogP contribution in [0.1, 0.15) is 16.9 Å². The normalized spacial score (nSPS) is 19.2. The van der Waals surface area contributed by atoms with Crippen LogP contribution in [0.15, 0.2) is 18.2 Å². The maximum absolute atomic E-state index is 10.8. The molecule has 1 N–H and O–H groups in total. The molecule has 1 aromatic rings. The second kappa shape index (κ2) is 5.14.